The average molecular weight is 298 g/mol. The SMILES string of the molecule is CN(C)c1cccc(CN(C)c2ccnc(C(C)(C)C)n2)c1. The minimum Gasteiger partial charge on any atom is -0.378 e. The molecule has 118 valence electrons. The summed E-state index contributed by atoms with van der Waals surface area (Å²) >= 11 is 0. The van der Waals surface area contributed by atoms with Crippen LogP contribution in [0.2, 0.25) is 0 Å². The van der Waals surface area contributed by atoms with Gasteiger partial charge in [0.2, 0.25) is 0 Å². The van der Waals surface area contributed by atoms with Crippen molar-refractivity contribution >= 4 is 11.5 Å². The molecule has 0 saturated heterocycles. The topological polar surface area (TPSA) is 32.3 Å². The number of hydrogen-bond donors (Lipinski definition) is 0. The second kappa shape index (κ2) is 6.34. The molecule has 22 heavy (non-hydrogen) atoms. The first kappa shape index (κ1) is 16.3. The quantitative estimate of drug-likeness (QED) is 0.865. The molecular formula is C18H26N4. The summed E-state index contributed by atoms with van der Waals surface area (Å²) in [6, 6.07) is 10.5. The smallest absolute Gasteiger partial charge is 0.135 e. The average Bonchev–Trinajstić information content (AvgIpc) is 2.46. The third-order valence-corrected chi connectivity index (χ3v) is 3.55. The van der Waals surface area contributed by atoms with E-state index in [0.29, 0.717) is 0 Å². The van der Waals surface area contributed by atoms with Gasteiger partial charge in [-0.1, -0.05) is 32.9 Å². The molecule has 0 radical (unpaired) electrons. The third kappa shape index (κ3) is 3.97. The van der Waals surface area contributed by atoms with E-state index in [0.717, 1.165) is 18.2 Å². The molecular weight excluding hydrogens is 272 g/mol. The fourth-order valence-electron chi connectivity index (χ4n) is 2.21. The molecule has 0 aliphatic heterocycles. The summed E-state index contributed by atoms with van der Waals surface area (Å²) < 4.78 is 0. The fraction of sp³-hybridized carbons (Fsp3) is 0.444. The van der Waals surface area contributed by atoms with Crippen molar-refractivity contribution < 1.29 is 0 Å². The van der Waals surface area contributed by atoms with Crippen LogP contribution in [-0.4, -0.2) is 31.1 Å². The van der Waals surface area contributed by atoms with E-state index in [4.69, 9.17) is 4.98 Å². The van der Waals surface area contributed by atoms with Crippen LogP contribution in [-0.2, 0) is 12.0 Å². The van der Waals surface area contributed by atoms with Gasteiger partial charge in [0.1, 0.15) is 11.6 Å². The molecule has 0 N–H and O–H groups in total. The van der Waals surface area contributed by atoms with Gasteiger partial charge in [0.25, 0.3) is 0 Å². The summed E-state index contributed by atoms with van der Waals surface area (Å²) in [6.07, 6.45) is 1.84. The minimum absolute atomic E-state index is 0.0400. The molecule has 0 atom stereocenters. The van der Waals surface area contributed by atoms with Crippen molar-refractivity contribution in [2.75, 3.05) is 30.9 Å². The van der Waals surface area contributed by atoms with E-state index in [-0.39, 0.29) is 5.41 Å². The highest BCUT2D eigenvalue weighted by Crippen LogP contribution is 2.21. The van der Waals surface area contributed by atoms with Crippen molar-refractivity contribution in [2.45, 2.75) is 32.7 Å². The lowest BCUT2D eigenvalue weighted by Gasteiger charge is -2.22. The zero-order valence-electron chi connectivity index (χ0n) is 14.5. The molecule has 2 aromatic rings. The second-order valence-electron chi connectivity index (χ2n) is 6.91. The van der Waals surface area contributed by atoms with Crippen molar-refractivity contribution in [3.63, 3.8) is 0 Å². The molecule has 4 nitrogen and oxygen atoms in total. The van der Waals surface area contributed by atoms with Gasteiger partial charge in [0.05, 0.1) is 0 Å². The van der Waals surface area contributed by atoms with Gasteiger partial charge in [-0.2, -0.15) is 0 Å². The van der Waals surface area contributed by atoms with Crippen molar-refractivity contribution in [2.24, 2.45) is 0 Å². The van der Waals surface area contributed by atoms with Gasteiger partial charge < -0.3 is 9.80 Å². The van der Waals surface area contributed by atoms with Crippen LogP contribution in [0, 0.1) is 0 Å². The van der Waals surface area contributed by atoms with Gasteiger partial charge in [0, 0.05) is 45.0 Å². The zero-order valence-corrected chi connectivity index (χ0v) is 14.5. The van der Waals surface area contributed by atoms with E-state index in [2.05, 4.69) is 81.0 Å². The molecule has 2 rings (SSSR count). The number of aromatic nitrogens is 2. The van der Waals surface area contributed by atoms with E-state index in [1.54, 1.807) is 0 Å². The van der Waals surface area contributed by atoms with Gasteiger partial charge >= 0.3 is 0 Å². The fourth-order valence-corrected chi connectivity index (χ4v) is 2.21. The third-order valence-electron chi connectivity index (χ3n) is 3.55. The number of rotatable bonds is 4. The summed E-state index contributed by atoms with van der Waals surface area (Å²) in [4.78, 5) is 13.4. The van der Waals surface area contributed by atoms with E-state index >= 15 is 0 Å². The van der Waals surface area contributed by atoms with Crippen LogP contribution >= 0.6 is 0 Å². The molecule has 0 aliphatic carbocycles. The Morgan fingerprint density at radius 2 is 1.77 bits per heavy atom. The van der Waals surface area contributed by atoms with E-state index < -0.39 is 0 Å². The first-order valence-corrected chi connectivity index (χ1v) is 7.58. The van der Waals surface area contributed by atoms with Gasteiger partial charge in [0.15, 0.2) is 0 Å². The van der Waals surface area contributed by atoms with Crippen LogP contribution in [0.4, 0.5) is 11.5 Å². The normalized spacial score (nSPS) is 11.4. The standard InChI is InChI=1S/C18H26N4/c1-18(2,3)17-19-11-10-16(20-17)22(6)13-14-8-7-9-15(12-14)21(4)5/h7-12H,13H2,1-6H3. The lowest BCUT2D eigenvalue weighted by Crippen LogP contribution is -2.22. The van der Waals surface area contributed by atoms with Crippen molar-refractivity contribution in [3.05, 3.63) is 47.9 Å². The molecule has 0 fully saturated rings. The monoisotopic (exact) mass is 298 g/mol. The van der Waals surface area contributed by atoms with Gasteiger partial charge in [-0.25, -0.2) is 9.97 Å². The van der Waals surface area contributed by atoms with Crippen molar-refractivity contribution in [1.29, 1.82) is 0 Å². The Morgan fingerprint density at radius 3 is 2.41 bits per heavy atom. The van der Waals surface area contributed by atoms with Crippen LogP contribution in [0.25, 0.3) is 0 Å². The Kier molecular flexibility index (Phi) is 4.69. The predicted octanol–water partition coefficient (Wildman–Crippen LogP) is 3.48. The first-order chi connectivity index (χ1) is 10.3. The molecule has 0 aliphatic rings. The highest BCUT2D eigenvalue weighted by molar-refractivity contribution is 5.48. The summed E-state index contributed by atoms with van der Waals surface area (Å²) in [5, 5.41) is 0. The number of benzene rings is 1. The lowest BCUT2D eigenvalue weighted by molar-refractivity contribution is 0.544. The predicted molar refractivity (Wildman–Crippen MR) is 93.6 cm³/mol. The maximum Gasteiger partial charge on any atom is 0.135 e. The summed E-state index contributed by atoms with van der Waals surface area (Å²) in [5.41, 5.74) is 2.44. The molecule has 4 heteroatoms. The zero-order chi connectivity index (χ0) is 16.3. The van der Waals surface area contributed by atoms with E-state index in [1.807, 2.05) is 12.3 Å². The summed E-state index contributed by atoms with van der Waals surface area (Å²) in [7, 11) is 6.18. The first-order valence-electron chi connectivity index (χ1n) is 7.58. The number of nitrogens with zero attached hydrogens (tertiary/aromatic N) is 4. The van der Waals surface area contributed by atoms with Crippen LogP contribution < -0.4 is 9.80 Å². The highest BCUT2D eigenvalue weighted by atomic mass is 15.2. The molecule has 0 unspecified atom stereocenters. The van der Waals surface area contributed by atoms with Crippen molar-refractivity contribution in [3.8, 4) is 0 Å². The summed E-state index contributed by atoms with van der Waals surface area (Å²) in [6.45, 7) is 7.22. The van der Waals surface area contributed by atoms with Crippen LogP contribution in [0.5, 0.6) is 0 Å². The maximum atomic E-state index is 4.70. The highest BCUT2D eigenvalue weighted by Gasteiger charge is 2.18. The van der Waals surface area contributed by atoms with Crippen LogP contribution in [0.1, 0.15) is 32.2 Å². The van der Waals surface area contributed by atoms with Crippen LogP contribution in [0.15, 0.2) is 36.5 Å². The molecule has 0 bridgehead atoms. The minimum atomic E-state index is -0.0400. The molecule has 0 amide bonds. The Hall–Kier alpha value is -2.10. The summed E-state index contributed by atoms with van der Waals surface area (Å²) in [5.74, 6) is 1.83. The Balaban J connectivity index is 2.19. The Bertz CT molecular complexity index is 629. The van der Waals surface area contributed by atoms with E-state index in [9.17, 15) is 0 Å². The maximum absolute atomic E-state index is 4.70. The number of anilines is 2. The largest absolute Gasteiger partial charge is 0.378 e. The van der Waals surface area contributed by atoms with Crippen LogP contribution in [0.3, 0.4) is 0 Å². The van der Waals surface area contributed by atoms with Gasteiger partial charge in [-0.15, -0.1) is 0 Å². The van der Waals surface area contributed by atoms with Crippen molar-refractivity contribution in [1.82, 2.24) is 9.97 Å². The molecule has 1 heterocycles. The lowest BCUT2D eigenvalue weighted by atomic mass is 9.96. The Labute approximate surface area is 133 Å². The Morgan fingerprint density at radius 1 is 1.05 bits per heavy atom. The van der Waals surface area contributed by atoms with E-state index in [1.165, 1.54) is 11.3 Å². The molecule has 1 aromatic carbocycles. The number of hydrogen-bond acceptors (Lipinski definition) is 4. The molecule has 0 saturated carbocycles. The second-order valence-corrected chi connectivity index (χ2v) is 6.91. The van der Waals surface area contributed by atoms with Gasteiger partial charge in [-0.3, -0.25) is 0 Å². The molecule has 1 aromatic heterocycles. The van der Waals surface area contributed by atoms with Gasteiger partial charge in [-0.05, 0) is 23.8 Å². The molecule has 0 spiro atoms.